The van der Waals surface area contributed by atoms with Gasteiger partial charge in [0.25, 0.3) is 11.5 Å². The second kappa shape index (κ2) is 6.40. The Balaban J connectivity index is 1.75. The van der Waals surface area contributed by atoms with Crippen LogP contribution in [0.4, 0.5) is 0 Å². The average molecular weight is 351 g/mol. The highest BCUT2D eigenvalue weighted by Crippen LogP contribution is 2.31. The van der Waals surface area contributed by atoms with Gasteiger partial charge < -0.3 is 4.90 Å². The molecule has 3 aromatic rings. The molecule has 3 aromatic heterocycles. The Kier molecular flexibility index (Phi) is 4.06. The van der Waals surface area contributed by atoms with Crippen LogP contribution in [-0.2, 0) is 0 Å². The first-order chi connectivity index (χ1) is 12.6. The first-order valence-electron chi connectivity index (χ1n) is 8.87. The van der Waals surface area contributed by atoms with Crippen molar-refractivity contribution in [1.82, 2.24) is 24.5 Å². The Labute approximate surface area is 150 Å². The van der Waals surface area contributed by atoms with Gasteiger partial charge in [-0.15, -0.1) is 0 Å². The number of aryl methyl sites for hydroxylation is 1. The lowest BCUT2D eigenvalue weighted by atomic mass is 9.99. The van der Waals surface area contributed by atoms with Crippen LogP contribution in [0.15, 0.2) is 35.3 Å². The maximum atomic E-state index is 12.9. The van der Waals surface area contributed by atoms with Crippen LogP contribution in [0.25, 0.3) is 5.65 Å². The van der Waals surface area contributed by atoms with E-state index >= 15 is 0 Å². The molecule has 0 aliphatic carbocycles. The predicted molar refractivity (Wildman–Crippen MR) is 97.2 cm³/mol. The van der Waals surface area contributed by atoms with E-state index in [1.807, 2.05) is 24.0 Å². The lowest BCUT2D eigenvalue weighted by Crippen LogP contribution is -2.39. The minimum Gasteiger partial charge on any atom is -0.329 e. The molecule has 0 spiro atoms. The van der Waals surface area contributed by atoms with Crippen molar-refractivity contribution >= 4 is 11.6 Å². The van der Waals surface area contributed by atoms with E-state index < -0.39 is 0 Å². The van der Waals surface area contributed by atoms with Gasteiger partial charge in [0, 0.05) is 30.1 Å². The summed E-state index contributed by atoms with van der Waals surface area (Å²) in [7, 11) is 0. The highest BCUT2D eigenvalue weighted by Gasteiger charge is 2.30. The van der Waals surface area contributed by atoms with E-state index in [4.69, 9.17) is 0 Å². The number of piperidine rings is 1. The fourth-order valence-electron chi connectivity index (χ4n) is 3.54. The van der Waals surface area contributed by atoms with Gasteiger partial charge in [-0.2, -0.15) is 0 Å². The zero-order valence-electron chi connectivity index (χ0n) is 14.9. The molecule has 7 heteroatoms. The molecule has 1 unspecified atom stereocenters. The number of pyridine rings is 1. The number of likely N-dealkylation sites (tertiary alicyclic amines) is 1. The normalized spacial score (nSPS) is 17.6. The summed E-state index contributed by atoms with van der Waals surface area (Å²) < 4.78 is 1.47. The van der Waals surface area contributed by atoms with Crippen LogP contribution < -0.4 is 5.56 Å². The van der Waals surface area contributed by atoms with Crippen molar-refractivity contribution in [2.75, 3.05) is 6.54 Å². The monoisotopic (exact) mass is 351 g/mol. The zero-order chi connectivity index (χ0) is 18.3. The Hall–Kier alpha value is -2.96. The maximum absolute atomic E-state index is 12.9. The molecule has 0 saturated carbocycles. The van der Waals surface area contributed by atoms with E-state index in [1.165, 1.54) is 4.52 Å². The molecule has 1 atom stereocenters. The topological polar surface area (TPSA) is 83.4 Å². The fourth-order valence-corrected chi connectivity index (χ4v) is 3.54. The number of aromatic amines is 1. The molecule has 1 N–H and O–H groups in total. The van der Waals surface area contributed by atoms with Crippen LogP contribution in [0.2, 0.25) is 0 Å². The number of nitrogens with zero attached hydrogens (tertiary/aromatic N) is 4. The number of carbonyl (C=O) groups is 1. The molecular weight excluding hydrogens is 330 g/mol. The van der Waals surface area contributed by atoms with E-state index in [0.29, 0.717) is 23.4 Å². The van der Waals surface area contributed by atoms with E-state index in [-0.39, 0.29) is 17.5 Å². The van der Waals surface area contributed by atoms with E-state index in [1.54, 1.807) is 25.3 Å². The van der Waals surface area contributed by atoms with E-state index in [2.05, 4.69) is 15.1 Å². The smallest absolute Gasteiger partial charge is 0.275 e. The first-order valence-corrected chi connectivity index (χ1v) is 8.87. The van der Waals surface area contributed by atoms with Crippen LogP contribution in [0, 0.1) is 13.8 Å². The van der Waals surface area contributed by atoms with Crippen molar-refractivity contribution in [1.29, 1.82) is 0 Å². The number of hydrogen-bond acceptors (Lipinski definition) is 4. The summed E-state index contributed by atoms with van der Waals surface area (Å²) in [6.07, 6.45) is 4.47. The Morgan fingerprint density at radius 1 is 1.27 bits per heavy atom. The molecule has 1 amide bonds. The first kappa shape index (κ1) is 16.5. The molecule has 0 aromatic carbocycles. The van der Waals surface area contributed by atoms with Crippen molar-refractivity contribution in [3.05, 3.63) is 63.5 Å². The number of fused-ring (bicyclic) bond motifs is 1. The average Bonchev–Trinajstić information content (AvgIpc) is 3.10. The minimum absolute atomic E-state index is 0.0818. The molecule has 0 bridgehead atoms. The van der Waals surface area contributed by atoms with Crippen LogP contribution in [0.5, 0.6) is 0 Å². The third-order valence-electron chi connectivity index (χ3n) is 5.11. The van der Waals surface area contributed by atoms with Gasteiger partial charge in [0.15, 0.2) is 5.65 Å². The number of nitrogens with one attached hydrogen (secondary N) is 1. The summed E-state index contributed by atoms with van der Waals surface area (Å²) in [4.78, 5) is 36.0. The number of rotatable bonds is 2. The van der Waals surface area contributed by atoms with Gasteiger partial charge >= 0.3 is 0 Å². The highest BCUT2D eigenvalue weighted by molar-refractivity contribution is 5.92. The summed E-state index contributed by atoms with van der Waals surface area (Å²) in [6, 6.07) is 7.11. The summed E-state index contributed by atoms with van der Waals surface area (Å²) in [5.74, 6) is -0.0818. The van der Waals surface area contributed by atoms with Crippen molar-refractivity contribution < 1.29 is 4.79 Å². The Morgan fingerprint density at radius 2 is 2.12 bits per heavy atom. The molecule has 134 valence electrons. The summed E-state index contributed by atoms with van der Waals surface area (Å²) in [5.41, 5.74) is 3.12. The summed E-state index contributed by atoms with van der Waals surface area (Å²) in [6.45, 7) is 4.28. The van der Waals surface area contributed by atoms with Crippen LogP contribution in [0.3, 0.4) is 0 Å². The van der Waals surface area contributed by atoms with Crippen LogP contribution >= 0.6 is 0 Å². The molecule has 26 heavy (non-hydrogen) atoms. The summed E-state index contributed by atoms with van der Waals surface area (Å²) >= 11 is 0. The zero-order valence-corrected chi connectivity index (χ0v) is 14.9. The van der Waals surface area contributed by atoms with E-state index in [9.17, 15) is 9.59 Å². The van der Waals surface area contributed by atoms with Gasteiger partial charge in [-0.3, -0.25) is 19.7 Å². The molecule has 4 rings (SSSR count). The Bertz CT molecular complexity index is 1020. The largest absolute Gasteiger partial charge is 0.329 e. The maximum Gasteiger partial charge on any atom is 0.275 e. The number of H-pyrrole nitrogens is 1. The third-order valence-corrected chi connectivity index (χ3v) is 5.11. The van der Waals surface area contributed by atoms with Crippen molar-refractivity contribution in [2.45, 2.75) is 39.2 Å². The fraction of sp³-hybridized carbons (Fsp3) is 0.368. The van der Waals surface area contributed by atoms with Gasteiger partial charge in [-0.25, -0.2) is 9.50 Å². The molecule has 7 nitrogen and oxygen atoms in total. The van der Waals surface area contributed by atoms with Gasteiger partial charge in [0.1, 0.15) is 5.69 Å². The van der Waals surface area contributed by atoms with E-state index in [0.717, 1.165) is 30.7 Å². The molecular formula is C19H21N5O2. The molecule has 1 aliphatic rings. The Morgan fingerprint density at radius 3 is 2.88 bits per heavy atom. The number of amides is 1. The lowest BCUT2D eigenvalue weighted by Gasteiger charge is -2.34. The lowest BCUT2D eigenvalue weighted by molar-refractivity contribution is 0.0599. The van der Waals surface area contributed by atoms with Crippen LogP contribution in [0.1, 0.15) is 52.7 Å². The second-order valence-corrected chi connectivity index (χ2v) is 6.76. The molecule has 1 fully saturated rings. The van der Waals surface area contributed by atoms with Crippen molar-refractivity contribution in [3.8, 4) is 0 Å². The van der Waals surface area contributed by atoms with Crippen molar-refractivity contribution in [2.24, 2.45) is 0 Å². The standard InChI is InChI=1S/C19H21N5O2/c1-12-13(2)21-17-11-15(22-24(17)18(12)25)16-8-4-6-10-23(16)19(26)14-7-3-5-9-20-14/h3,5,7,9,11,16,22H,4,6,8,10H2,1-2H3. The third kappa shape index (κ3) is 2.69. The van der Waals surface area contributed by atoms with Gasteiger partial charge in [0.05, 0.1) is 11.7 Å². The summed E-state index contributed by atoms with van der Waals surface area (Å²) in [5, 5.41) is 3.17. The van der Waals surface area contributed by atoms with Gasteiger partial charge in [0.2, 0.25) is 0 Å². The molecule has 1 saturated heterocycles. The SMILES string of the molecule is Cc1nc2cc(C3CCCCN3C(=O)c3ccccn3)[nH]n2c(=O)c1C. The second-order valence-electron chi connectivity index (χ2n) is 6.76. The minimum atomic E-state index is -0.111. The molecule has 1 aliphatic heterocycles. The predicted octanol–water partition coefficient (Wildman–Crippen LogP) is 2.40. The van der Waals surface area contributed by atoms with Gasteiger partial charge in [-0.1, -0.05) is 6.07 Å². The van der Waals surface area contributed by atoms with Crippen LogP contribution in [-0.4, -0.2) is 36.9 Å². The highest BCUT2D eigenvalue weighted by atomic mass is 16.2. The molecule has 0 radical (unpaired) electrons. The quantitative estimate of drug-likeness (QED) is 0.768. The van der Waals surface area contributed by atoms with Crippen molar-refractivity contribution in [3.63, 3.8) is 0 Å². The van der Waals surface area contributed by atoms with Gasteiger partial charge in [-0.05, 0) is 45.2 Å². The molecule has 4 heterocycles. The number of aromatic nitrogens is 4. The number of hydrogen-bond donors (Lipinski definition) is 1. The number of carbonyl (C=O) groups excluding carboxylic acids is 1.